The lowest BCUT2D eigenvalue weighted by molar-refractivity contribution is -0.190. The minimum Gasteiger partial charge on any atom is -0.504 e. The van der Waals surface area contributed by atoms with E-state index < -0.39 is 89.2 Å². The second-order valence-electron chi connectivity index (χ2n) is 7.48. The Morgan fingerprint density at radius 1 is 0.882 bits per heavy atom. The van der Waals surface area contributed by atoms with E-state index in [1.54, 1.807) is 0 Å². The smallest absolute Gasteiger partial charge is 0.338 e. The summed E-state index contributed by atoms with van der Waals surface area (Å²) in [5.74, 6) is -6.92. The maximum Gasteiger partial charge on any atom is 0.338 e. The molecule has 0 aromatic heterocycles. The van der Waals surface area contributed by atoms with Crippen LogP contribution in [0.25, 0.3) is 0 Å². The number of carbonyl (C=O) groups is 2. The summed E-state index contributed by atoms with van der Waals surface area (Å²) in [6, 6.07) is 3.27. The zero-order valence-corrected chi connectivity index (χ0v) is 17.1. The average molecular weight is 483 g/mol. The van der Waals surface area contributed by atoms with Gasteiger partial charge in [-0.05, 0) is 24.3 Å². The van der Waals surface area contributed by atoms with Crippen LogP contribution < -0.4 is 5.32 Å². The molecule has 1 saturated heterocycles. The van der Waals surface area contributed by atoms with Gasteiger partial charge in [0.25, 0.3) is 5.91 Å². The van der Waals surface area contributed by atoms with E-state index in [-0.39, 0.29) is 5.56 Å². The maximum absolute atomic E-state index is 12.2. The van der Waals surface area contributed by atoms with Crippen LogP contribution in [0.3, 0.4) is 0 Å². The van der Waals surface area contributed by atoms with Gasteiger partial charge in [-0.2, -0.15) is 0 Å². The number of benzene rings is 2. The van der Waals surface area contributed by atoms with Crippen molar-refractivity contribution in [3.8, 4) is 34.5 Å². The van der Waals surface area contributed by atoms with Crippen molar-refractivity contribution < 1.29 is 65.0 Å². The van der Waals surface area contributed by atoms with E-state index in [0.29, 0.717) is 0 Å². The first-order valence-corrected chi connectivity index (χ1v) is 9.54. The summed E-state index contributed by atoms with van der Waals surface area (Å²) in [5.41, 5.74) is -3.20. The summed E-state index contributed by atoms with van der Waals surface area (Å²) in [4.78, 5) is 24.4. The summed E-state index contributed by atoms with van der Waals surface area (Å²) in [5, 5.41) is 89.8. The van der Waals surface area contributed by atoms with E-state index in [1.807, 2.05) is 0 Å². The van der Waals surface area contributed by atoms with Crippen LogP contribution in [-0.4, -0.2) is 95.1 Å². The molecule has 10 N–H and O–H groups in total. The Bertz CT molecular complexity index is 1070. The molecular formula is C20H21NO13. The lowest BCUT2D eigenvalue weighted by Gasteiger charge is -2.27. The summed E-state index contributed by atoms with van der Waals surface area (Å²) in [7, 11) is 0. The number of esters is 1. The molecule has 1 heterocycles. The van der Waals surface area contributed by atoms with Crippen LogP contribution in [0.15, 0.2) is 24.3 Å². The Labute approximate surface area is 190 Å². The molecule has 1 aliphatic heterocycles. The number of rotatable bonds is 6. The minimum absolute atomic E-state index is 0.259. The fraction of sp³-hybridized carbons (Fsp3) is 0.300. The number of aliphatic hydroxyl groups is 3. The number of hydrogen-bond donors (Lipinski definition) is 10. The van der Waals surface area contributed by atoms with Crippen molar-refractivity contribution in [2.45, 2.75) is 24.1 Å². The number of ether oxygens (including phenoxy) is 2. The van der Waals surface area contributed by atoms with Gasteiger partial charge in [-0.25, -0.2) is 4.79 Å². The van der Waals surface area contributed by atoms with Crippen molar-refractivity contribution in [1.29, 1.82) is 0 Å². The number of phenols is 6. The molecule has 0 aliphatic carbocycles. The van der Waals surface area contributed by atoms with Crippen LogP contribution in [0, 0.1) is 0 Å². The number of aromatic hydroxyl groups is 6. The second-order valence-corrected chi connectivity index (χ2v) is 7.48. The second kappa shape index (κ2) is 9.11. The predicted molar refractivity (Wildman–Crippen MR) is 107 cm³/mol. The molecule has 0 bridgehead atoms. The summed E-state index contributed by atoms with van der Waals surface area (Å²) in [6.07, 6.45) is -5.32. The van der Waals surface area contributed by atoms with Crippen molar-refractivity contribution in [2.24, 2.45) is 0 Å². The lowest BCUT2D eigenvalue weighted by Crippen LogP contribution is -2.53. The fourth-order valence-electron chi connectivity index (χ4n) is 3.16. The van der Waals surface area contributed by atoms with Gasteiger partial charge in [0.05, 0.1) is 5.56 Å². The summed E-state index contributed by atoms with van der Waals surface area (Å²) < 4.78 is 9.86. The first kappa shape index (κ1) is 24.7. The Morgan fingerprint density at radius 3 is 1.85 bits per heavy atom. The van der Waals surface area contributed by atoms with Crippen molar-refractivity contribution in [2.75, 3.05) is 13.2 Å². The van der Waals surface area contributed by atoms with E-state index in [0.717, 1.165) is 24.3 Å². The van der Waals surface area contributed by atoms with Gasteiger partial charge < -0.3 is 60.7 Å². The number of phenolic OH excluding ortho intramolecular Hbond substituents is 6. The molecule has 1 aliphatic rings. The molecule has 14 nitrogen and oxygen atoms in total. The highest BCUT2D eigenvalue weighted by Gasteiger charge is 2.56. The van der Waals surface area contributed by atoms with Gasteiger partial charge in [0.15, 0.2) is 46.4 Å². The Balaban J connectivity index is 1.63. The Morgan fingerprint density at radius 2 is 1.35 bits per heavy atom. The van der Waals surface area contributed by atoms with Gasteiger partial charge in [0.2, 0.25) is 0 Å². The van der Waals surface area contributed by atoms with Gasteiger partial charge >= 0.3 is 5.97 Å². The van der Waals surface area contributed by atoms with Crippen molar-refractivity contribution in [1.82, 2.24) is 5.32 Å². The third kappa shape index (κ3) is 4.55. The molecule has 2 aromatic rings. The van der Waals surface area contributed by atoms with Gasteiger partial charge in [-0.15, -0.1) is 0 Å². The zero-order valence-electron chi connectivity index (χ0n) is 17.1. The molecule has 0 radical (unpaired) electrons. The van der Waals surface area contributed by atoms with E-state index in [1.165, 1.54) is 0 Å². The molecule has 184 valence electrons. The monoisotopic (exact) mass is 483 g/mol. The third-order valence-electron chi connectivity index (χ3n) is 5.13. The average Bonchev–Trinajstić information content (AvgIpc) is 3.00. The third-order valence-corrected chi connectivity index (χ3v) is 5.13. The molecular weight excluding hydrogens is 462 g/mol. The zero-order chi connectivity index (χ0) is 25.4. The standard InChI is InChI=1S/C20H21NO13/c22-9-1-7(2-10(23)14(9)26)17(29)21-5-13-16(28)20(32,19(31)34-13)6-33-18(30)8-3-11(24)15(27)12(25)4-8/h1-4,13,16,19,22-28,31-32H,5-6H2,(H,21,29)/t13-,16-,19?,20-/m1/s1. The van der Waals surface area contributed by atoms with Crippen LogP contribution in [0.4, 0.5) is 0 Å². The van der Waals surface area contributed by atoms with Crippen molar-refractivity contribution >= 4 is 11.9 Å². The predicted octanol–water partition coefficient (Wildman–Crippen LogP) is -1.68. The largest absolute Gasteiger partial charge is 0.504 e. The van der Waals surface area contributed by atoms with Gasteiger partial charge in [-0.3, -0.25) is 4.79 Å². The minimum atomic E-state index is -2.53. The Hall–Kier alpha value is -3.98. The highest BCUT2D eigenvalue weighted by atomic mass is 16.7. The number of amides is 1. The molecule has 1 amide bonds. The van der Waals surface area contributed by atoms with E-state index >= 15 is 0 Å². The van der Waals surface area contributed by atoms with Gasteiger partial charge in [-0.1, -0.05) is 0 Å². The fourth-order valence-corrected chi connectivity index (χ4v) is 3.16. The van der Waals surface area contributed by atoms with Crippen LogP contribution in [0.2, 0.25) is 0 Å². The molecule has 0 saturated carbocycles. The van der Waals surface area contributed by atoms with Crippen molar-refractivity contribution in [3.63, 3.8) is 0 Å². The normalized spacial score (nSPS) is 24.0. The van der Waals surface area contributed by atoms with Crippen LogP contribution >= 0.6 is 0 Å². The van der Waals surface area contributed by atoms with Gasteiger partial charge in [0.1, 0.15) is 18.8 Å². The first-order chi connectivity index (χ1) is 15.8. The number of hydrogen-bond acceptors (Lipinski definition) is 13. The first-order valence-electron chi connectivity index (χ1n) is 9.54. The Kier molecular flexibility index (Phi) is 6.60. The van der Waals surface area contributed by atoms with Crippen LogP contribution in [-0.2, 0) is 9.47 Å². The molecule has 14 heteroatoms. The number of carbonyl (C=O) groups excluding carboxylic acids is 2. The van der Waals surface area contributed by atoms with E-state index in [4.69, 9.17) is 9.47 Å². The van der Waals surface area contributed by atoms with E-state index in [2.05, 4.69) is 5.32 Å². The molecule has 1 unspecified atom stereocenters. The topological polar surface area (TPSA) is 247 Å². The van der Waals surface area contributed by atoms with E-state index in [9.17, 15) is 55.5 Å². The molecule has 4 atom stereocenters. The number of nitrogens with one attached hydrogen (secondary N) is 1. The quantitative estimate of drug-likeness (QED) is 0.163. The summed E-state index contributed by atoms with van der Waals surface area (Å²) >= 11 is 0. The van der Waals surface area contributed by atoms with Gasteiger partial charge in [0, 0.05) is 12.1 Å². The molecule has 34 heavy (non-hydrogen) atoms. The molecule has 0 spiro atoms. The highest BCUT2D eigenvalue weighted by Crippen LogP contribution is 2.37. The lowest BCUT2D eigenvalue weighted by atomic mass is 9.96. The highest BCUT2D eigenvalue weighted by molar-refractivity contribution is 5.95. The number of aliphatic hydroxyl groups excluding tert-OH is 2. The summed E-state index contributed by atoms with van der Waals surface area (Å²) in [6.45, 7) is -1.48. The molecule has 3 rings (SSSR count). The SMILES string of the molecule is O=C(NC[C@H]1OC(O)[C@@](O)(COC(=O)c2cc(O)c(O)c(O)c2)[C@@H]1O)c1cc(O)c(O)c(O)c1. The molecule has 2 aromatic carbocycles. The van der Waals surface area contributed by atoms with Crippen LogP contribution in [0.5, 0.6) is 34.5 Å². The van der Waals surface area contributed by atoms with Crippen LogP contribution in [0.1, 0.15) is 20.7 Å². The maximum atomic E-state index is 12.2. The molecule has 1 fully saturated rings. The van der Waals surface area contributed by atoms with Crippen molar-refractivity contribution in [3.05, 3.63) is 35.4 Å².